The first kappa shape index (κ1) is 12.1. The summed E-state index contributed by atoms with van der Waals surface area (Å²) in [4.78, 5) is 0. The molecule has 0 unspecified atom stereocenters. The average molecular weight is 220 g/mol. The lowest BCUT2D eigenvalue weighted by molar-refractivity contribution is -0.0119. The quantitative estimate of drug-likeness (QED) is 0.782. The molecule has 0 aliphatic carbocycles. The van der Waals surface area contributed by atoms with Crippen LogP contribution in [0.4, 0.5) is 8.78 Å². The molecule has 0 atom stereocenters. The smallest absolute Gasteiger partial charge is 0.201 e. The van der Waals surface area contributed by atoms with E-state index in [0.717, 1.165) is 0 Å². The standard InChI is InChI=1S/C12H10F2N2/c13-12(14,7-1-8-15)11-4-2-10(3-5-11)6-9-16/h2-5H,1,6-7H2. The van der Waals surface area contributed by atoms with Crippen LogP contribution in [0.3, 0.4) is 0 Å². The van der Waals surface area contributed by atoms with Gasteiger partial charge in [0.25, 0.3) is 5.92 Å². The maximum Gasteiger partial charge on any atom is 0.274 e. The van der Waals surface area contributed by atoms with Crippen molar-refractivity contribution in [2.24, 2.45) is 0 Å². The summed E-state index contributed by atoms with van der Waals surface area (Å²) in [5.41, 5.74) is 0.603. The third-order valence-corrected chi connectivity index (χ3v) is 2.21. The number of rotatable bonds is 4. The zero-order valence-corrected chi connectivity index (χ0v) is 8.58. The van der Waals surface area contributed by atoms with Crippen molar-refractivity contribution in [2.75, 3.05) is 0 Å². The SMILES string of the molecule is N#CCCC(F)(F)c1ccc(CC#N)cc1. The van der Waals surface area contributed by atoms with Gasteiger partial charge < -0.3 is 0 Å². The fourth-order valence-electron chi connectivity index (χ4n) is 1.31. The molecule has 0 aromatic heterocycles. The summed E-state index contributed by atoms with van der Waals surface area (Å²) in [6, 6.07) is 9.29. The molecule has 82 valence electrons. The van der Waals surface area contributed by atoms with Crippen LogP contribution in [0.5, 0.6) is 0 Å². The Morgan fingerprint density at radius 1 is 1.06 bits per heavy atom. The van der Waals surface area contributed by atoms with E-state index < -0.39 is 12.3 Å². The Labute approximate surface area is 92.7 Å². The van der Waals surface area contributed by atoms with Crippen molar-refractivity contribution in [3.63, 3.8) is 0 Å². The lowest BCUT2D eigenvalue weighted by atomic mass is 10.0. The lowest BCUT2D eigenvalue weighted by Crippen LogP contribution is -2.12. The molecule has 1 aromatic rings. The molecule has 0 amide bonds. The van der Waals surface area contributed by atoms with Gasteiger partial charge in [0.1, 0.15) is 0 Å². The van der Waals surface area contributed by atoms with Crippen LogP contribution in [0.15, 0.2) is 24.3 Å². The first-order chi connectivity index (χ1) is 7.60. The normalized spacial score (nSPS) is 10.5. The molecule has 1 rings (SSSR count). The maximum atomic E-state index is 13.4. The third-order valence-electron chi connectivity index (χ3n) is 2.21. The Hall–Kier alpha value is -1.94. The van der Waals surface area contributed by atoms with E-state index in [4.69, 9.17) is 10.5 Å². The monoisotopic (exact) mass is 220 g/mol. The van der Waals surface area contributed by atoms with Crippen molar-refractivity contribution < 1.29 is 8.78 Å². The summed E-state index contributed by atoms with van der Waals surface area (Å²) in [6.07, 6.45) is -0.432. The molecule has 16 heavy (non-hydrogen) atoms. The van der Waals surface area contributed by atoms with Crippen molar-refractivity contribution in [1.29, 1.82) is 10.5 Å². The molecule has 0 fully saturated rings. The van der Waals surface area contributed by atoms with E-state index in [-0.39, 0.29) is 18.4 Å². The Balaban J connectivity index is 2.81. The maximum absolute atomic E-state index is 13.4. The second-order valence-electron chi connectivity index (χ2n) is 3.39. The molecule has 0 saturated heterocycles. The molecular weight excluding hydrogens is 210 g/mol. The summed E-state index contributed by atoms with van der Waals surface area (Å²) in [5, 5.41) is 16.7. The summed E-state index contributed by atoms with van der Waals surface area (Å²) in [5.74, 6) is -2.97. The number of halogens is 2. The van der Waals surface area contributed by atoms with Crippen molar-refractivity contribution >= 4 is 0 Å². The van der Waals surface area contributed by atoms with Gasteiger partial charge >= 0.3 is 0 Å². The highest BCUT2D eigenvalue weighted by molar-refractivity contribution is 5.27. The van der Waals surface area contributed by atoms with E-state index >= 15 is 0 Å². The summed E-state index contributed by atoms with van der Waals surface area (Å²) in [6.45, 7) is 0. The van der Waals surface area contributed by atoms with Gasteiger partial charge in [-0.2, -0.15) is 10.5 Å². The second-order valence-corrected chi connectivity index (χ2v) is 3.39. The molecule has 0 bridgehead atoms. The Kier molecular flexibility index (Phi) is 3.96. The van der Waals surface area contributed by atoms with Crippen LogP contribution >= 0.6 is 0 Å². The summed E-state index contributed by atoms with van der Waals surface area (Å²) >= 11 is 0. The molecule has 2 nitrogen and oxygen atoms in total. The van der Waals surface area contributed by atoms with Gasteiger partial charge in [-0.3, -0.25) is 0 Å². The highest BCUT2D eigenvalue weighted by Crippen LogP contribution is 2.32. The topological polar surface area (TPSA) is 47.6 Å². The number of nitrogens with zero attached hydrogens (tertiary/aromatic N) is 2. The van der Waals surface area contributed by atoms with Gasteiger partial charge in [-0.15, -0.1) is 0 Å². The number of hydrogen-bond acceptors (Lipinski definition) is 2. The van der Waals surface area contributed by atoms with Crippen LogP contribution < -0.4 is 0 Å². The van der Waals surface area contributed by atoms with Crippen LogP contribution in [-0.4, -0.2) is 0 Å². The van der Waals surface area contributed by atoms with Gasteiger partial charge in [-0.25, -0.2) is 8.78 Å². The van der Waals surface area contributed by atoms with Crippen molar-refractivity contribution in [1.82, 2.24) is 0 Å². The first-order valence-corrected chi connectivity index (χ1v) is 4.81. The predicted octanol–water partition coefficient (Wildman–Crippen LogP) is 3.15. The zero-order chi connectivity index (χ0) is 12.0. The molecule has 0 radical (unpaired) electrons. The third kappa shape index (κ3) is 3.03. The number of benzene rings is 1. The van der Waals surface area contributed by atoms with E-state index in [1.807, 2.05) is 6.07 Å². The van der Waals surface area contributed by atoms with E-state index in [0.29, 0.717) is 5.56 Å². The van der Waals surface area contributed by atoms with Crippen LogP contribution in [0.2, 0.25) is 0 Å². The van der Waals surface area contributed by atoms with Crippen LogP contribution in [0, 0.1) is 22.7 Å². The van der Waals surface area contributed by atoms with Gasteiger partial charge in [-0.1, -0.05) is 24.3 Å². The van der Waals surface area contributed by atoms with Crippen LogP contribution in [-0.2, 0) is 12.3 Å². The lowest BCUT2D eigenvalue weighted by Gasteiger charge is -2.15. The fourth-order valence-corrected chi connectivity index (χ4v) is 1.31. The van der Waals surface area contributed by atoms with Gasteiger partial charge in [-0.05, 0) is 5.56 Å². The number of nitriles is 2. The minimum absolute atomic E-state index is 0.107. The van der Waals surface area contributed by atoms with Gasteiger partial charge in [0, 0.05) is 18.4 Å². The van der Waals surface area contributed by atoms with Gasteiger partial charge in [0.15, 0.2) is 0 Å². The van der Waals surface area contributed by atoms with E-state index in [1.54, 1.807) is 6.07 Å². The zero-order valence-electron chi connectivity index (χ0n) is 8.58. The molecular formula is C12H10F2N2. The van der Waals surface area contributed by atoms with Crippen LogP contribution in [0.1, 0.15) is 24.0 Å². The molecule has 0 spiro atoms. The molecule has 1 aromatic carbocycles. The minimum atomic E-state index is -2.97. The fraction of sp³-hybridized carbons (Fsp3) is 0.333. The predicted molar refractivity (Wildman–Crippen MR) is 54.5 cm³/mol. The highest BCUT2D eigenvalue weighted by Gasteiger charge is 2.30. The minimum Gasteiger partial charge on any atom is -0.201 e. The van der Waals surface area contributed by atoms with Crippen molar-refractivity contribution in [3.8, 4) is 12.1 Å². The van der Waals surface area contributed by atoms with Gasteiger partial charge in [0.2, 0.25) is 0 Å². The average Bonchev–Trinajstić information content (AvgIpc) is 2.28. The van der Waals surface area contributed by atoms with E-state index in [9.17, 15) is 8.78 Å². The molecule has 0 aliphatic rings. The van der Waals surface area contributed by atoms with Crippen molar-refractivity contribution in [2.45, 2.75) is 25.2 Å². The van der Waals surface area contributed by atoms with E-state index in [1.165, 1.54) is 24.3 Å². The number of alkyl halides is 2. The molecule has 0 saturated carbocycles. The first-order valence-electron chi connectivity index (χ1n) is 4.81. The Morgan fingerprint density at radius 2 is 1.69 bits per heavy atom. The highest BCUT2D eigenvalue weighted by atomic mass is 19.3. The Morgan fingerprint density at radius 3 is 2.19 bits per heavy atom. The van der Waals surface area contributed by atoms with Gasteiger partial charge in [0.05, 0.1) is 18.6 Å². The van der Waals surface area contributed by atoms with Crippen LogP contribution in [0.25, 0.3) is 0 Å². The second kappa shape index (κ2) is 5.23. The Bertz CT molecular complexity index is 424. The molecule has 4 heteroatoms. The number of hydrogen-bond donors (Lipinski definition) is 0. The summed E-state index contributed by atoms with van der Waals surface area (Å²) < 4.78 is 26.9. The summed E-state index contributed by atoms with van der Waals surface area (Å²) in [7, 11) is 0. The largest absolute Gasteiger partial charge is 0.274 e. The molecule has 0 heterocycles. The molecule has 0 N–H and O–H groups in total. The van der Waals surface area contributed by atoms with E-state index in [2.05, 4.69) is 0 Å². The van der Waals surface area contributed by atoms with Crippen molar-refractivity contribution in [3.05, 3.63) is 35.4 Å². The molecule has 0 aliphatic heterocycles.